The summed E-state index contributed by atoms with van der Waals surface area (Å²) in [6, 6.07) is 6.09. The number of aryl methyl sites for hydroxylation is 2. The first-order chi connectivity index (χ1) is 17.4. The molecular formula is C26H27F3N6O. The number of hydrogen-bond donors (Lipinski definition) is 0. The third-order valence-corrected chi connectivity index (χ3v) is 6.49. The Labute approximate surface area is 206 Å². The summed E-state index contributed by atoms with van der Waals surface area (Å²) in [6.45, 7) is 4.85. The Morgan fingerprint density at radius 1 is 0.972 bits per heavy atom. The minimum atomic E-state index is -2.74. The van der Waals surface area contributed by atoms with E-state index in [1.807, 2.05) is 30.1 Å². The van der Waals surface area contributed by atoms with Crippen molar-refractivity contribution in [3.63, 3.8) is 0 Å². The number of benzene rings is 1. The standard InChI is InChI=1S/C20H19F3N4O.C6H8N2/c1-10-11(2)25-20-17(24-10)16(14-4-3-13(18(22)23)9-15(14)21)26-19(27-20)12-5-7-28-8-6-12;1-4-7-8(5-1)6-2-3-6/h3-4,9,12,18H,5-8H2,1-2H3;1,4-6H,2-3H2. The van der Waals surface area contributed by atoms with E-state index in [1.54, 1.807) is 6.92 Å². The lowest BCUT2D eigenvalue weighted by Crippen LogP contribution is -2.17. The highest BCUT2D eigenvalue weighted by atomic mass is 19.3. The van der Waals surface area contributed by atoms with E-state index in [1.165, 1.54) is 25.0 Å². The maximum atomic E-state index is 14.7. The average Bonchev–Trinajstić information content (AvgIpc) is 3.59. The number of alkyl halides is 2. The Bertz CT molecular complexity index is 1350. The van der Waals surface area contributed by atoms with Crippen molar-refractivity contribution in [2.75, 3.05) is 13.2 Å². The van der Waals surface area contributed by atoms with Gasteiger partial charge in [-0.2, -0.15) is 5.10 Å². The monoisotopic (exact) mass is 496 g/mol. The summed E-state index contributed by atoms with van der Waals surface area (Å²) in [5, 5.41) is 4.09. The Morgan fingerprint density at radius 3 is 2.36 bits per heavy atom. The molecule has 0 unspecified atom stereocenters. The van der Waals surface area contributed by atoms with Crippen LogP contribution in [0, 0.1) is 19.7 Å². The molecule has 7 nitrogen and oxygen atoms in total. The second kappa shape index (κ2) is 10.3. The molecule has 6 rings (SSSR count). The lowest BCUT2D eigenvalue weighted by molar-refractivity contribution is 0.0836. The van der Waals surface area contributed by atoms with Crippen molar-refractivity contribution in [1.82, 2.24) is 29.7 Å². The molecule has 1 saturated heterocycles. The van der Waals surface area contributed by atoms with E-state index >= 15 is 0 Å². The molecule has 0 bridgehead atoms. The molecule has 188 valence electrons. The molecule has 0 spiro atoms. The minimum Gasteiger partial charge on any atom is -0.381 e. The third-order valence-electron chi connectivity index (χ3n) is 6.49. The molecule has 0 N–H and O–H groups in total. The van der Waals surface area contributed by atoms with Gasteiger partial charge in [-0.15, -0.1) is 0 Å². The van der Waals surface area contributed by atoms with Crippen molar-refractivity contribution in [3.05, 3.63) is 65.3 Å². The van der Waals surface area contributed by atoms with Crippen LogP contribution in [0.4, 0.5) is 13.2 Å². The molecule has 1 aliphatic carbocycles. The van der Waals surface area contributed by atoms with Crippen LogP contribution in [0.1, 0.15) is 66.8 Å². The van der Waals surface area contributed by atoms with Gasteiger partial charge in [-0.25, -0.2) is 33.1 Å². The van der Waals surface area contributed by atoms with Gasteiger partial charge in [0.15, 0.2) is 5.65 Å². The van der Waals surface area contributed by atoms with Crippen molar-refractivity contribution < 1.29 is 17.9 Å². The molecule has 1 aliphatic heterocycles. The first kappa shape index (κ1) is 24.3. The van der Waals surface area contributed by atoms with Crippen LogP contribution < -0.4 is 0 Å². The molecule has 2 fully saturated rings. The molecule has 0 amide bonds. The summed E-state index contributed by atoms with van der Waals surface area (Å²) < 4.78 is 48.0. The van der Waals surface area contributed by atoms with Gasteiger partial charge in [0.25, 0.3) is 6.43 Å². The fourth-order valence-electron chi connectivity index (χ4n) is 4.15. The second-order valence-electron chi connectivity index (χ2n) is 9.14. The number of rotatable bonds is 4. The van der Waals surface area contributed by atoms with Crippen LogP contribution >= 0.6 is 0 Å². The number of ether oxygens (including phenoxy) is 1. The van der Waals surface area contributed by atoms with Gasteiger partial charge in [0.05, 0.1) is 17.4 Å². The summed E-state index contributed by atoms with van der Waals surface area (Å²) >= 11 is 0. The van der Waals surface area contributed by atoms with Crippen LogP contribution in [-0.2, 0) is 4.74 Å². The summed E-state index contributed by atoms with van der Waals surface area (Å²) in [5.41, 5.74) is 2.17. The van der Waals surface area contributed by atoms with Gasteiger partial charge < -0.3 is 4.74 Å². The van der Waals surface area contributed by atoms with E-state index < -0.39 is 12.2 Å². The maximum absolute atomic E-state index is 14.7. The van der Waals surface area contributed by atoms with Crippen LogP contribution in [0.25, 0.3) is 22.4 Å². The molecule has 1 aromatic carbocycles. The summed E-state index contributed by atoms with van der Waals surface area (Å²) in [7, 11) is 0. The molecule has 0 radical (unpaired) electrons. The van der Waals surface area contributed by atoms with E-state index in [2.05, 4.69) is 25.0 Å². The predicted molar refractivity (Wildman–Crippen MR) is 128 cm³/mol. The van der Waals surface area contributed by atoms with E-state index in [9.17, 15) is 13.2 Å². The molecule has 10 heteroatoms. The first-order valence-corrected chi connectivity index (χ1v) is 12.1. The van der Waals surface area contributed by atoms with Crippen molar-refractivity contribution in [2.45, 2.75) is 57.9 Å². The summed E-state index contributed by atoms with van der Waals surface area (Å²) in [4.78, 5) is 18.2. The summed E-state index contributed by atoms with van der Waals surface area (Å²) in [6.07, 6.45) is 5.28. The Balaban J connectivity index is 0.000000280. The lowest BCUT2D eigenvalue weighted by atomic mass is 9.98. The fourth-order valence-corrected chi connectivity index (χ4v) is 4.15. The van der Waals surface area contributed by atoms with Crippen LogP contribution in [0.5, 0.6) is 0 Å². The Morgan fingerprint density at radius 2 is 1.72 bits per heavy atom. The number of fused-ring (bicyclic) bond motifs is 1. The van der Waals surface area contributed by atoms with Gasteiger partial charge in [-0.05, 0) is 57.7 Å². The topological polar surface area (TPSA) is 78.6 Å². The van der Waals surface area contributed by atoms with Crippen LogP contribution in [-0.4, -0.2) is 42.9 Å². The predicted octanol–water partition coefficient (Wildman–Crippen LogP) is 5.89. The average molecular weight is 497 g/mol. The van der Waals surface area contributed by atoms with Crippen molar-refractivity contribution in [2.24, 2.45) is 0 Å². The zero-order valence-corrected chi connectivity index (χ0v) is 20.2. The van der Waals surface area contributed by atoms with Gasteiger partial charge in [0.2, 0.25) is 0 Å². The summed E-state index contributed by atoms with van der Waals surface area (Å²) in [5.74, 6) is -0.139. The highest BCUT2D eigenvalue weighted by molar-refractivity contribution is 5.87. The van der Waals surface area contributed by atoms with Gasteiger partial charge >= 0.3 is 0 Å². The molecule has 3 aromatic heterocycles. The van der Waals surface area contributed by atoms with Gasteiger partial charge in [0, 0.05) is 42.7 Å². The smallest absolute Gasteiger partial charge is 0.263 e. The molecule has 36 heavy (non-hydrogen) atoms. The second-order valence-corrected chi connectivity index (χ2v) is 9.14. The van der Waals surface area contributed by atoms with Crippen molar-refractivity contribution >= 4 is 11.2 Å². The van der Waals surface area contributed by atoms with Crippen LogP contribution in [0.15, 0.2) is 36.7 Å². The SMILES string of the molecule is Cc1nc2nc(C3CCOCC3)nc(-c3ccc(C(F)F)cc3F)c2nc1C.c1cnn(C2CC2)c1. The quantitative estimate of drug-likeness (QED) is 0.350. The number of nitrogens with zero attached hydrogens (tertiary/aromatic N) is 6. The zero-order chi connectivity index (χ0) is 25.2. The highest BCUT2D eigenvalue weighted by Gasteiger charge is 2.24. The number of hydrogen-bond acceptors (Lipinski definition) is 6. The molecular weight excluding hydrogens is 469 g/mol. The van der Waals surface area contributed by atoms with Gasteiger partial charge in [-0.1, -0.05) is 6.07 Å². The van der Waals surface area contributed by atoms with E-state index in [4.69, 9.17) is 4.74 Å². The molecule has 4 aromatic rings. The highest BCUT2D eigenvalue weighted by Crippen LogP contribution is 2.34. The normalized spacial score (nSPS) is 16.3. The minimum absolute atomic E-state index is 0.0729. The van der Waals surface area contributed by atoms with E-state index in [0.29, 0.717) is 35.9 Å². The number of aromatic nitrogens is 6. The van der Waals surface area contributed by atoms with Crippen LogP contribution in [0.2, 0.25) is 0 Å². The maximum Gasteiger partial charge on any atom is 0.263 e. The molecule has 4 heterocycles. The fraction of sp³-hybridized carbons (Fsp3) is 0.423. The Kier molecular flexibility index (Phi) is 6.95. The Hall–Kier alpha value is -3.40. The zero-order valence-electron chi connectivity index (χ0n) is 20.2. The molecule has 1 saturated carbocycles. The van der Waals surface area contributed by atoms with Gasteiger partial charge in [-0.3, -0.25) is 4.68 Å². The van der Waals surface area contributed by atoms with Crippen LogP contribution in [0.3, 0.4) is 0 Å². The van der Waals surface area contributed by atoms with Gasteiger partial charge in [0.1, 0.15) is 22.9 Å². The first-order valence-electron chi connectivity index (χ1n) is 12.1. The largest absolute Gasteiger partial charge is 0.381 e. The number of halogens is 3. The van der Waals surface area contributed by atoms with Crippen molar-refractivity contribution in [3.8, 4) is 11.3 Å². The molecule has 0 atom stereocenters. The van der Waals surface area contributed by atoms with Crippen molar-refractivity contribution in [1.29, 1.82) is 0 Å². The van der Waals surface area contributed by atoms with E-state index in [0.717, 1.165) is 30.6 Å². The third kappa shape index (κ3) is 5.23. The van der Waals surface area contributed by atoms with E-state index in [-0.39, 0.29) is 22.7 Å². The molecule has 2 aliphatic rings. The lowest BCUT2D eigenvalue weighted by Gasteiger charge is -2.21.